The Morgan fingerprint density at radius 1 is 1.21 bits per heavy atom. The van der Waals surface area contributed by atoms with Crippen molar-refractivity contribution in [3.63, 3.8) is 0 Å². The number of benzene rings is 1. The number of hydrogen-bond acceptors (Lipinski definition) is 3. The van der Waals surface area contributed by atoms with Crippen molar-refractivity contribution < 1.29 is 33.4 Å². The molecule has 0 aliphatic rings. The van der Waals surface area contributed by atoms with Crippen molar-refractivity contribution in [3.8, 4) is 0 Å². The van der Waals surface area contributed by atoms with Gasteiger partial charge in [0.05, 0.1) is 12.0 Å². The average molecular weight is 273 g/mol. The van der Waals surface area contributed by atoms with Gasteiger partial charge >= 0.3 is 11.9 Å². The van der Waals surface area contributed by atoms with Crippen molar-refractivity contribution in [3.05, 3.63) is 35.4 Å². The van der Waals surface area contributed by atoms with E-state index in [2.05, 4.69) is 0 Å². The Bertz CT molecular complexity index is 532. The van der Waals surface area contributed by atoms with Gasteiger partial charge in [-0.15, -0.1) is 0 Å². The van der Waals surface area contributed by atoms with Gasteiger partial charge in [-0.2, -0.15) is 0 Å². The first-order valence-electron chi connectivity index (χ1n) is 5.01. The minimum absolute atomic E-state index is 0.588. The number of aliphatic carboxylic acids is 2. The van der Waals surface area contributed by atoms with Gasteiger partial charge in [0.25, 0.3) is 5.91 Å². The summed E-state index contributed by atoms with van der Waals surface area (Å²) in [5, 5.41) is 19.0. The van der Waals surface area contributed by atoms with Gasteiger partial charge in [0, 0.05) is 0 Å². The Morgan fingerprint density at radius 3 is 2.37 bits per heavy atom. The zero-order valence-corrected chi connectivity index (χ0v) is 9.39. The van der Waals surface area contributed by atoms with E-state index in [9.17, 15) is 23.2 Å². The summed E-state index contributed by atoms with van der Waals surface area (Å²) in [5.74, 6) is -6.17. The quantitative estimate of drug-likeness (QED) is 0.729. The standard InChI is InChI=1S/C11H9F2NO5/c12-5-1-2-7(13)6(3-5)10(17)14-8(11(18)19)4-9(15)16/h1-3,8H,4H2,(H,14,17)(H,15,16)(H,18,19)/t8-/m0/s1. The van der Waals surface area contributed by atoms with Crippen LogP contribution in [0.4, 0.5) is 8.78 Å². The van der Waals surface area contributed by atoms with Gasteiger partial charge in [-0.3, -0.25) is 9.59 Å². The van der Waals surface area contributed by atoms with Crippen LogP contribution in [-0.2, 0) is 9.59 Å². The summed E-state index contributed by atoms with van der Waals surface area (Å²) in [6, 6.07) is 0.354. The lowest BCUT2D eigenvalue weighted by atomic mass is 10.1. The van der Waals surface area contributed by atoms with Crippen LogP contribution in [0, 0.1) is 11.6 Å². The number of amides is 1. The molecule has 1 aromatic carbocycles. The molecule has 1 amide bonds. The summed E-state index contributed by atoms with van der Waals surface area (Å²) in [6.07, 6.45) is -0.877. The first-order valence-corrected chi connectivity index (χ1v) is 5.01. The van der Waals surface area contributed by atoms with Gasteiger partial charge in [-0.1, -0.05) is 0 Å². The van der Waals surface area contributed by atoms with Gasteiger partial charge in [-0.25, -0.2) is 13.6 Å². The Hall–Kier alpha value is -2.51. The summed E-state index contributed by atoms with van der Waals surface area (Å²) in [4.78, 5) is 32.7. The smallest absolute Gasteiger partial charge is 0.326 e. The molecule has 1 rings (SSSR count). The van der Waals surface area contributed by atoms with Crippen LogP contribution in [0.1, 0.15) is 16.8 Å². The number of carbonyl (C=O) groups excluding carboxylic acids is 1. The summed E-state index contributed by atoms with van der Waals surface area (Å²) in [5.41, 5.74) is -0.698. The second-order valence-corrected chi connectivity index (χ2v) is 3.59. The van der Waals surface area contributed by atoms with Crippen LogP contribution >= 0.6 is 0 Å². The first-order chi connectivity index (χ1) is 8.81. The predicted molar refractivity (Wildman–Crippen MR) is 57.5 cm³/mol. The fraction of sp³-hybridized carbons (Fsp3) is 0.182. The van der Waals surface area contributed by atoms with Crippen molar-refractivity contribution in [2.45, 2.75) is 12.5 Å². The van der Waals surface area contributed by atoms with Crippen LogP contribution in [0.5, 0.6) is 0 Å². The van der Waals surface area contributed by atoms with E-state index in [1.807, 2.05) is 0 Å². The molecule has 0 heterocycles. The van der Waals surface area contributed by atoms with Crippen LogP contribution in [0.15, 0.2) is 18.2 Å². The molecule has 0 unspecified atom stereocenters. The van der Waals surface area contributed by atoms with E-state index in [4.69, 9.17) is 10.2 Å². The highest BCUT2D eigenvalue weighted by Crippen LogP contribution is 2.10. The summed E-state index contributed by atoms with van der Waals surface area (Å²) in [7, 11) is 0. The molecule has 0 aliphatic heterocycles. The maximum atomic E-state index is 13.2. The van der Waals surface area contributed by atoms with Crippen LogP contribution in [0.3, 0.4) is 0 Å². The molecule has 1 aromatic rings. The van der Waals surface area contributed by atoms with E-state index in [1.54, 1.807) is 5.32 Å². The van der Waals surface area contributed by atoms with Gasteiger partial charge in [0.15, 0.2) is 0 Å². The third-order valence-electron chi connectivity index (χ3n) is 2.16. The molecular weight excluding hydrogens is 264 g/mol. The van der Waals surface area contributed by atoms with E-state index in [0.717, 1.165) is 6.07 Å². The first kappa shape index (κ1) is 14.6. The van der Waals surface area contributed by atoms with E-state index in [1.165, 1.54) is 0 Å². The van der Waals surface area contributed by atoms with E-state index >= 15 is 0 Å². The van der Waals surface area contributed by atoms with Gasteiger partial charge in [0.2, 0.25) is 0 Å². The van der Waals surface area contributed by atoms with Crippen LogP contribution < -0.4 is 5.32 Å². The Balaban J connectivity index is 2.90. The second-order valence-electron chi connectivity index (χ2n) is 3.59. The third-order valence-corrected chi connectivity index (χ3v) is 2.16. The lowest BCUT2D eigenvalue weighted by Crippen LogP contribution is -2.42. The SMILES string of the molecule is O=C(O)C[C@H](NC(=O)c1cc(F)ccc1F)C(=O)O. The molecule has 0 fully saturated rings. The largest absolute Gasteiger partial charge is 0.481 e. The molecule has 0 saturated carbocycles. The maximum Gasteiger partial charge on any atom is 0.326 e. The Morgan fingerprint density at radius 2 is 1.84 bits per heavy atom. The van der Waals surface area contributed by atoms with Gasteiger partial charge in [0.1, 0.15) is 17.7 Å². The van der Waals surface area contributed by atoms with Crippen molar-refractivity contribution in [1.82, 2.24) is 5.32 Å². The molecule has 6 nitrogen and oxygen atoms in total. The zero-order chi connectivity index (χ0) is 14.6. The van der Waals surface area contributed by atoms with Crippen molar-refractivity contribution in [2.75, 3.05) is 0 Å². The van der Waals surface area contributed by atoms with Gasteiger partial charge in [-0.05, 0) is 18.2 Å². The highest BCUT2D eigenvalue weighted by molar-refractivity contribution is 5.97. The van der Waals surface area contributed by atoms with Crippen molar-refractivity contribution >= 4 is 17.8 Å². The minimum Gasteiger partial charge on any atom is -0.481 e. The van der Waals surface area contributed by atoms with Crippen molar-refractivity contribution in [2.24, 2.45) is 0 Å². The number of carboxylic acid groups (broad SMARTS) is 2. The number of halogens is 2. The highest BCUT2D eigenvalue weighted by Gasteiger charge is 2.24. The number of hydrogen-bond donors (Lipinski definition) is 3. The van der Waals surface area contributed by atoms with Crippen LogP contribution in [0.2, 0.25) is 0 Å². The molecule has 8 heteroatoms. The number of rotatable bonds is 5. The van der Waals surface area contributed by atoms with Gasteiger partial charge < -0.3 is 15.5 Å². The minimum atomic E-state index is -1.73. The summed E-state index contributed by atoms with van der Waals surface area (Å²) in [6.45, 7) is 0. The molecule has 0 bridgehead atoms. The normalized spacial score (nSPS) is 11.7. The molecule has 19 heavy (non-hydrogen) atoms. The monoisotopic (exact) mass is 273 g/mol. The molecule has 0 radical (unpaired) electrons. The Labute approximate surface area is 105 Å². The molecule has 102 valence electrons. The number of carbonyl (C=O) groups is 3. The molecule has 0 spiro atoms. The van der Waals surface area contributed by atoms with E-state index in [-0.39, 0.29) is 0 Å². The fourth-order valence-electron chi connectivity index (χ4n) is 1.28. The summed E-state index contributed by atoms with van der Waals surface area (Å²) >= 11 is 0. The molecule has 0 aromatic heterocycles. The highest BCUT2D eigenvalue weighted by atomic mass is 19.1. The van der Waals surface area contributed by atoms with Crippen molar-refractivity contribution in [1.29, 1.82) is 0 Å². The van der Waals surface area contributed by atoms with Crippen LogP contribution in [-0.4, -0.2) is 34.1 Å². The lowest BCUT2D eigenvalue weighted by molar-refractivity contribution is -0.145. The van der Waals surface area contributed by atoms with Crippen LogP contribution in [0.25, 0.3) is 0 Å². The molecule has 0 saturated heterocycles. The predicted octanol–water partition coefficient (Wildman–Crippen LogP) is 0.622. The second kappa shape index (κ2) is 5.89. The topological polar surface area (TPSA) is 104 Å². The Kier molecular flexibility index (Phi) is 4.51. The maximum absolute atomic E-state index is 13.2. The molecular formula is C11H9F2NO5. The number of carboxylic acids is 2. The fourth-order valence-corrected chi connectivity index (χ4v) is 1.28. The lowest BCUT2D eigenvalue weighted by Gasteiger charge is -2.12. The average Bonchev–Trinajstić information content (AvgIpc) is 2.30. The number of nitrogens with one attached hydrogen (secondary N) is 1. The van der Waals surface area contributed by atoms with E-state index < -0.39 is 47.5 Å². The molecule has 3 N–H and O–H groups in total. The zero-order valence-electron chi connectivity index (χ0n) is 9.39. The molecule has 0 aliphatic carbocycles. The summed E-state index contributed by atoms with van der Waals surface area (Å²) < 4.78 is 26.1. The van der Waals surface area contributed by atoms with E-state index in [0.29, 0.717) is 12.1 Å². The molecule has 1 atom stereocenters. The third kappa shape index (κ3) is 4.02.